The first-order chi connectivity index (χ1) is 6.90. The van der Waals surface area contributed by atoms with Crippen molar-refractivity contribution in [2.45, 2.75) is 6.42 Å². The summed E-state index contributed by atoms with van der Waals surface area (Å²) in [6, 6.07) is 2.04. The maximum Gasteiger partial charge on any atom is 0.125 e. The molecule has 0 saturated heterocycles. The van der Waals surface area contributed by atoms with E-state index >= 15 is 0 Å². The third kappa shape index (κ3) is 2.02. The zero-order chi connectivity index (χ0) is 9.80. The average Bonchev–Trinajstić information content (AvgIpc) is 2.85. The molecule has 0 aromatic carbocycles. The number of likely N-dealkylation sites (N-methyl/N-ethyl adjacent to an activating group) is 1. The van der Waals surface area contributed by atoms with E-state index in [-0.39, 0.29) is 0 Å². The highest BCUT2D eigenvalue weighted by Gasteiger charge is 2.03. The number of hydrogen-bond acceptors (Lipinski definition) is 3. The predicted octanol–water partition coefficient (Wildman–Crippen LogP) is 1.90. The SMILES string of the molecule is CNCCc1csc(-c2cc[nH]c2)n1. The lowest BCUT2D eigenvalue weighted by molar-refractivity contribution is 0.780. The third-order valence-electron chi connectivity index (χ3n) is 2.03. The van der Waals surface area contributed by atoms with Crippen LogP contribution < -0.4 is 5.32 Å². The summed E-state index contributed by atoms with van der Waals surface area (Å²) in [6.07, 6.45) is 4.89. The van der Waals surface area contributed by atoms with E-state index in [1.54, 1.807) is 11.3 Å². The summed E-state index contributed by atoms with van der Waals surface area (Å²) < 4.78 is 0. The predicted molar refractivity (Wildman–Crippen MR) is 59.5 cm³/mol. The summed E-state index contributed by atoms with van der Waals surface area (Å²) in [5.74, 6) is 0. The molecule has 0 amide bonds. The molecule has 0 spiro atoms. The van der Waals surface area contributed by atoms with E-state index in [2.05, 4.69) is 20.7 Å². The van der Waals surface area contributed by atoms with Crippen molar-refractivity contribution in [3.63, 3.8) is 0 Å². The van der Waals surface area contributed by atoms with Gasteiger partial charge in [-0.15, -0.1) is 11.3 Å². The summed E-state index contributed by atoms with van der Waals surface area (Å²) in [7, 11) is 1.96. The van der Waals surface area contributed by atoms with E-state index < -0.39 is 0 Å². The molecule has 0 fully saturated rings. The number of thiazole rings is 1. The molecule has 0 radical (unpaired) electrons. The second kappa shape index (κ2) is 4.39. The molecular formula is C10H13N3S. The van der Waals surface area contributed by atoms with Crippen molar-refractivity contribution in [2.24, 2.45) is 0 Å². The fourth-order valence-electron chi connectivity index (χ4n) is 1.26. The zero-order valence-electron chi connectivity index (χ0n) is 8.08. The van der Waals surface area contributed by atoms with Gasteiger partial charge in [-0.1, -0.05) is 0 Å². The van der Waals surface area contributed by atoms with Crippen LogP contribution in [0.1, 0.15) is 5.69 Å². The lowest BCUT2D eigenvalue weighted by Gasteiger charge is -1.93. The topological polar surface area (TPSA) is 40.7 Å². The zero-order valence-corrected chi connectivity index (χ0v) is 8.90. The number of H-pyrrole nitrogens is 1. The molecule has 0 atom stereocenters. The van der Waals surface area contributed by atoms with Crippen molar-refractivity contribution < 1.29 is 0 Å². The fourth-order valence-corrected chi connectivity index (χ4v) is 2.12. The van der Waals surface area contributed by atoms with Crippen LogP contribution in [0, 0.1) is 0 Å². The van der Waals surface area contributed by atoms with Crippen molar-refractivity contribution in [3.05, 3.63) is 29.5 Å². The fraction of sp³-hybridized carbons (Fsp3) is 0.300. The van der Waals surface area contributed by atoms with Gasteiger partial charge in [-0.05, 0) is 13.1 Å². The summed E-state index contributed by atoms with van der Waals surface area (Å²) in [5, 5.41) is 6.34. The Kier molecular flexibility index (Phi) is 2.96. The summed E-state index contributed by atoms with van der Waals surface area (Å²) in [4.78, 5) is 7.58. The van der Waals surface area contributed by atoms with E-state index in [1.165, 1.54) is 11.3 Å². The maximum atomic E-state index is 4.55. The maximum absolute atomic E-state index is 4.55. The molecule has 0 saturated carbocycles. The minimum atomic E-state index is 0.982. The van der Waals surface area contributed by atoms with Crippen molar-refractivity contribution in [1.82, 2.24) is 15.3 Å². The van der Waals surface area contributed by atoms with Crippen molar-refractivity contribution in [3.8, 4) is 10.6 Å². The first-order valence-corrected chi connectivity index (χ1v) is 5.50. The number of nitrogens with one attached hydrogen (secondary N) is 2. The highest BCUT2D eigenvalue weighted by Crippen LogP contribution is 2.22. The Morgan fingerprint density at radius 3 is 3.21 bits per heavy atom. The second-order valence-corrected chi connectivity index (χ2v) is 3.96. The van der Waals surface area contributed by atoms with Gasteiger partial charge in [0.25, 0.3) is 0 Å². The molecule has 0 aliphatic carbocycles. The number of nitrogens with zero attached hydrogens (tertiary/aromatic N) is 1. The standard InChI is InChI=1S/C10H13N3S/c1-11-4-3-9-7-14-10(13-9)8-2-5-12-6-8/h2,5-7,11-12H,3-4H2,1H3. The van der Waals surface area contributed by atoms with Gasteiger partial charge in [-0.2, -0.15) is 0 Å². The van der Waals surface area contributed by atoms with Crippen LogP contribution in [0.4, 0.5) is 0 Å². The smallest absolute Gasteiger partial charge is 0.125 e. The molecule has 0 bridgehead atoms. The quantitative estimate of drug-likeness (QED) is 0.804. The minimum absolute atomic E-state index is 0.982. The summed E-state index contributed by atoms with van der Waals surface area (Å²) in [5.41, 5.74) is 2.34. The van der Waals surface area contributed by atoms with Crippen LogP contribution in [-0.4, -0.2) is 23.6 Å². The van der Waals surface area contributed by atoms with Crippen molar-refractivity contribution in [1.29, 1.82) is 0 Å². The summed E-state index contributed by atoms with van der Waals surface area (Å²) >= 11 is 1.70. The van der Waals surface area contributed by atoms with Crippen LogP contribution in [-0.2, 0) is 6.42 Å². The van der Waals surface area contributed by atoms with Crippen LogP contribution in [0.25, 0.3) is 10.6 Å². The molecule has 2 aromatic heterocycles. The molecule has 2 aromatic rings. The molecule has 4 heteroatoms. The molecule has 14 heavy (non-hydrogen) atoms. The molecule has 0 unspecified atom stereocenters. The van der Waals surface area contributed by atoms with Crippen LogP contribution in [0.15, 0.2) is 23.8 Å². The second-order valence-electron chi connectivity index (χ2n) is 3.10. The van der Waals surface area contributed by atoms with Crippen LogP contribution in [0.5, 0.6) is 0 Å². The first kappa shape index (κ1) is 9.43. The van der Waals surface area contributed by atoms with Crippen LogP contribution in [0.2, 0.25) is 0 Å². The molecular weight excluding hydrogens is 194 g/mol. The minimum Gasteiger partial charge on any atom is -0.367 e. The Balaban J connectivity index is 2.10. The molecule has 0 aliphatic rings. The Hall–Kier alpha value is -1.13. The average molecular weight is 207 g/mol. The highest BCUT2D eigenvalue weighted by atomic mass is 32.1. The van der Waals surface area contributed by atoms with Gasteiger partial charge in [0.2, 0.25) is 0 Å². The van der Waals surface area contributed by atoms with Gasteiger partial charge in [-0.25, -0.2) is 4.98 Å². The van der Waals surface area contributed by atoms with Crippen LogP contribution >= 0.6 is 11.3 Å². The van der Waals surface area contributed by atoms with Crippen molar-refractivity contribution in [2.75, 3.05) is 13.6 Å². The first-order valence-electron chi connectivity index (χ1n) is 4.62. The van der Waals surface area contributed by atoms with E-state index in [9.17, 15) is 0 Å². The third-order valence-corrected chi connectivity index (χ3v) is 2.97. The Morgan fingerprint density at radius 1 is 1.57 bits per heavy atom. The molecule has 2 rings (SSSR count). The van der Waals surface area contributed by atoms with Gasteiger partial charge in [0.1, 0.15) is 5.01 Å². The number of aromatic amines is 1. The molecule has 2 heterocycles. The normalized spacial score (nSPS) is 10.6. The Bertz CT molecular complexity index is 378. The number of rotatable bonds is 4. The molecule has 2 N–H and O–H groups in total. The van der Waals surface area contributed by atoms with E-state index in [4.69, 9.17) is 0 Å². The van der Waals surface area contributed by atoms with E-state index in [1.807, 2.05) is 25.5 Å². The summed E-state index contributed by atoms with van der Waals surface area (Å²) in [6.45, 7) is 0.982. The Labute approximate surface area is 87.2 Å². The number of aromatic nitrogens is 2. The lowest BCUT2D eigenvalue weighted by atomic mass is 10.3. The lowest BCUT2D eigenvalue weighted by Crippen LogP contribution is -2.10. The van der Waals surface area contributed by atoms with Gasteiger partial charge in [0.15, 0.2) is 0 Å². The Morgan fingerprint density at radius 2 is 2.50 bits per heavy atom. The van der Waals surface area contributed by atoms with Gasteiger partial charge >= 0.3 is 0 Å². The molecule has 74 valence electrons. The van der Waals surface area contributed by atoms with Gasteiger partial charge in [0.05, 0.1) is 5.69 Å². The van der Waals surface area contributed by atoms with E-state index in [0.717, 1.165) is 18.0 Å². The van der Waals surface area contributed by atoms with Gasteiger partial charge in [-0.3, -0.25) is 0 Å². The van der Waals surface area contributed by atoms with Crippen LogP contribution in [0.3, 0.4) is 0 Å². The monoisotopic (exact) mass is 207 g/mol. The van der Waals surface area contributed by atoms with Crippen molar-refractivity contribution >= 4 is 11.3 Å². The van der Waals surface area contributed by atoms with E-state index in [0.29, 0.717) is 0 Å². The molecule has 0 aliphatic heterocycles. The number of hydrogen-bond donors (Lipinski definition) is 2. The highest BCUT2D eigenvalue weighted by molar-refractivity contribution is 7.13. The molecule has 3 nitrogen and oxygen atoms in total. The van der Waals surface area contributed by atoms with Gasteiger partial charge in [0, 0.05) is 36.3 Å². The van der Waals surface area contributed by atoms with Gasteiger partial charge < -0.3 is 10.3 Å². The largest absolute Gasteiger partial charge is 0.367 e.